The van der Waals surface area contributed by atoms with Crippen LogP contribution in [0.3, 0.4) is 0 Å². The standard InChI is InChI=1S/C14H13NO4/c1-8(2)11(14(18)19-3)15-12(16)9-6-4-5-7-10(9)13(15)17/h4-7,11H,1H2,2-3H3. The molecule has 1 aromatic rings. The summed E-state index contributed by atoms with van der Waals surface area (Å²) >= 11 is 0. The fourth-order valence-corrected chi connectivity index (χ4v) is 2.08. The van der Waals surface area contributed by atoms with Crippen molar-refractivity contribution in [3.05, 3.63) is 47.5 Å². The maximum atomic E-state index is 12.2. The number of hydrogen-bond donors (Lipinski definition) is 0. The van der Waals surface area contributed by atoms with Gasteiger partial charge in [-0.3, -0.25) is 14.5 Å². The summed E-state index contributed by atoms with van der Waals surface area (Å²) in [7, 11) is 1.20. The molecule has 19 heavy (non-hydrogen) atoms. The van der Waals surface area contributed by atoms with Gasteiger partial charge < -0.3 is 4.74 Å². The third kappa shape index (κ3) is 1.93. The van der Waals surface area contributed by atoms with Crippen LogP contribution in [-0.2, 0) is 9.53 Å². The molecule has 1 aromatic carbocycles. The van der Waals surface area contributed by atoms with E-state index in [4.69, 9.17) is 0 Å². The molecule has 0 saturated heterocycles. The number of rotatable bonds is 3. The van der Waals surface area contributed by atoms with Gasteiger partial charge in [-0.1, -0.05) is 18.7 Å². The number of benzene rings is 1. The maximum Gasteiger partial charge on any atom is 0.333 e. The van der Waals surface area contributed by atoms with Crippen molar-refractivity contribution in [2.24, 2.45) is 0 Å². The van der Waals surface area contributed by atoms with Gasteiger partial charge in [0.2, 0.25) is 0 Å². The number of imide groups is 1. The highest BCUT2D eigenvalue weighted by Crippen LogP contribution is 2.26. The number of esters is 1. The van der Waals surface area contributed by atoms with E-state index in [1.54, 1.807) is 31.2 Å². The first kappa shape index (κ1) is 13.0. The highest BCUT2D eigenvalue weighted by atomic mass is 16.5. The molecule has 1 aliphatic heterocycles. The normalized spacial score (nSPS) is 15.2. The molecule has 98 valence electrons. The number of amides is 2. The van der Waals surface area contributed by atoms with E-state index in [1.165, 1.54) is 7.11 Å². The second-order valence-corrected chi connectivity index (χ2v) is 4.30. The van der Waals surface area contributed by atoms with Crippen molar-refractivity contribution in [2.75, 3.05) is 7.11 Å². The average molecular weight is 259 g/mol. The largest absolute Gasteiger partial charge is 0.467 e. The second-order valence-electron chi connectivity index (χ2n) is 4.30. The molecule has 1 unspecified atom stereocenters. The van der Waals surface area contributed by atoms with E-state index in [0.717, 1.165) is 4.90 Å². The van der Waals surface area contributed by atoms with Crippen molar-refractivity contribution < 1.29 is 19.1 Å². The van der Waals surface area contributed by atoms with Crippen LogP contribution in [0.5, 0.6) is 0 Å². The van der Waals surface area contributed by atoms with Gasteiger partial charge in [0.1, 0.15) is 0 Å². The lowest BCUT2D eigenvalue weighted by Gasteiger charge is -2.23. The minimum Gasteiger partial charge on any atom is -0.467 e. The van der Waals surface area contributed by atoms with E-state index in [9.17, 15) is 14.4 Å². The summed E-state index contributed by atoms with van der Waals surface area (Å²) in [6, 6.07) is 5.37. The first-order valence-corrected chi connectivity index (χ1v) is 5.69. The molecule has 0 aromatic heterocycles. The van der Waals surface area contributed by atoms with Gasteiger partial charge in [-0.25, -0.2) is 4.79 Å². The third-order valence-corrected chi connectivity index (χ3v) is 2.97. The lowest BCUT2D eigenvalue weighted by Crippen LogP contribution is -2.45. The van der Waals surface area contributed by atoms with E-state index in [1.807, 2.05) is 0 Å². The van der Waals surface area contributed by atoms with Crippen LogP contribution in [0.15, 0.2) is 36.4 Å². The van der Waals surface area contributed by atoms with E-state index >= 15 is 0 Å². The number of hydrogen-bond acceptors (Lipinski definition) is 4. The van der Waals surface area contributed by atoms with Crippen molar-refractivity contribution in [3.8, 4) is 0 Å². The fourth-order valence-electron chi connectivity index (χ4n) is 2.08. The SMILES string of the molecule is C=C(C)C(C(=O)OC)N1C(=O)c2ccccc2C1=O. The molecular weight excluding hydrogens is 246 g/mol. The molecule has 2 rings (SSSR count). The van der Waals surface area contributed by atoms with Gasteiger partial charge in [-0.05, 0) is 24.6 Å². The number of carbonyl (C=O) groups excluding carboxylic acids is 3. The molecular formula is C14H13NO4. The zero-order valence-electron chi connectivity index (χ0n) is 10.7. The summed E-state index contributed by atoms with van der Waals surface area (Å²) in [4.78, 5) is 37.1. The minimum atomic E-state index is -1.09. The fraction of sp³-hybridized carbons (Fsp3) is 0.214. The predicted octanol–water partition coefficient (Wildman–Crippen LogP) is 1.40. The van der Waals surface area contributed by atoms with Crippen molar-refractivity contribution in [3.63, 3.8) is 0 Å². The Morgan fingerprint density at radius 3 is 2.05 bits per heavy atom. The van der Waals surface area contributed by atoms with Crippen LogP contribution in [0.1, 0.15) is 27.6 Å². The number of carbonyl (C=O) groups is 3. The van der Waals surface area contributed by atoms with Gasteiger partial charge in [0, 0.05) is 0 Å². The van der Waals surface area contributed by atoms with Gasteiger partial charge in [-0.2, -0.15) is 0 Å². The van der Waals surface area contributed by atoms with Crippen molar-refractivity contribution in [1.29, 1.82) is 0 Å². The quantitative estimate of drug-likeness (QED) is 0.467. The first-order valence-electron chi connectivity index (χ1n) is 5.69. The Labute approximate surface area is 110 Å². The predicted molar refractivity (Wildman–Crippen MR) is 67.6 cm³/mol. The zero-order chi connectivity index (χ0) is 14.2. The monoisotopic (exact) mass is 259 g/mol. The Balaban J connectivity index is 2.48. The van der Waals surface area contributed by atoms with Crippen LogP contribution >= 0.6 is 0 Å². The van der Waals surface area contributed by atoms with Crippen molar-refractivity contribution in [2.45, 2.75) is 13.0 Å². The summed E-state index contributed by atoms with van der Waals surface area (Å²) in [5, 5.41) is 0. The lowest BCUT2D eigenvalue weighted by molar-refractivity contribution is -0.143. The van der Waals surface area contributed by atoms with E-state index in [-0.39, 0.29) is 0 Å². The van der Waals surface area contributed by atoms with E-state index < -0.39 is 23.8 Å². The average Bonchev–Trinajstić information content (AvgIpc) is 2.64. The van der Waals surface area contributed by atoms with Crippen LogP contribution in [0.2, 0.25) is 0 Å². The van der Waals surface area contributed by atoms with Crippen LogP contribution in [-0.4, -0.2) is 35.8 Å². The molecule has 1 aliphatic rings. The zero-order valence-corrected chi connectivity index (χ0v) is 10.7. The van der Waals surface area contributed by atoms with Crippen LogP contribution in [0.25, 0.3) is 0 Å². The molecule has 0 aliphatic carbocycles. The van der Waals surface area contributed by atoms with E-state index in [2.05, 4.69) is 11.3 Å². The number of fused-ring (bicyclic) bond motifs is 1. The molecule has 2 amide bonds. The Morgan fingerprint density at radius 2 is 1.68 bits per heavy atom. The molecule has 1 heterocycles. The summed E-state index contributed by atoms with van der Waals surface area (Å²) < 4.78 is 4.64. The first-order chi connectivity index (χ1) is 8.99. The van der Waals surface area contributed by atoms with Gasteiger partial charge >= 0.3 is 5.97 Å². The molecule has 0 spiro atoms. The van der Waals surface area contributed by atoms with Crippen LogP contribution < -0.4 is 0 Å². The maximum absolute atomic E-state index is 12.2. The number of methoxy groups -OCH3 is 1. The summed E-state index contributed by atoms with van der Waals surface area (Å²) in [5.74, 6) is -1.68. The van der Waals surface area contributed by atoms with Gasteiger partial charge in [-0.15, -0.1) is 0 Å². The third-order valence-electron chi connectivity index (χ3n) is 2.97. The number of ether oxygens (including phenoxy) is 1. The number of nitrogens with zero attached hydrogens (tertiary/aromatic N) is 1. The smallest absolute Gasteiger partial charge is 0.333 e. The highest BCUT2D eigenvalue weighted by molar-refractivity contribution is 6.23. The Kier molecular flexibility index (Phi) is 3.21. The minimum absolute atomic E-state index is 0.294. The molecule has 5 heteroatoms. The summed E-state index contributed by atoms with van der Waals surface area (Å²) in [6.07, 6.45) is 0. The molecule has 0 bridgehead atoms. The van der Waals surface area contributed by atoms with Gasteiger partial charge in [0.15, 0.2) is 6.04 Å². The highest BCUT2D eigenvalue weighted by Gasteiger charge is 2.43. The Morgan fingerprint density at radius 1 is 1.21 bits per heavy atom. The topological polar surface area (TPSA) is 63.7 Å². The lowest BCUT2D eigenvalue weighted by atomic mass is 10.1. The molecule has 0 fully saturated rings. The molecule has 0 N–H and O–H groups in total. The molecule has 1 atom stereocenters. The van der Waals surface area contributed by atoms with Crippen LogP contribution in [0.4, 0.5) is 0 Å². The van der Waals surface area contributed by atoms with Crippen molar-refractivity contribution in [1.82, 2.24) is 4.90 Å². The Bertz CT molecular complexity index is 556. The molecule has 0 radical (unpaired) electrons. The van der Waals surface area contributed by atoms with Crippen molar-refractivity contribution >= 4 is 17.8 Å². The van der Waals surface area contributed by atoms with Gasteiger partial charge in [0.25, 0.3) is 11.8 Å². The Hall–Kier alpha value is -2.43. The molecule has 0 saturated carbocycles. The summed E-state index contributed by atoms with van der Waals surface area (Å²) in [6.45, 7) is 5.23. The summed E-state index contributed by atoms with van der Waals surface area (Å²) in [5.41, 5.74) is 0.965. The van der Waals surface area contributed by atoms with Gasteiger partial charge in [0.05, 0.1) is 18.2 Å². The molecule has 5 nitrogen and oxygen atoms in total. The van der Waals surface area contributed by atoms with Crippen LogP contribution in [0, 0.1) is 0 Å². The second kappa shape index (κ2) is 4.68. The van der Waals surface area contributed by atoms with E-state index in [0.29, 0.717) is 16.7 Å².